The molecule has 4 aliphatic carbocycles. The van der Waals surface area contributed by atoms with E-state index in [2.05, 4.69) is 77.1 Å². The van der Waals surface area contributed by atoms with Crippen LogP contribution in [0.3, 0.4) is 0 Å². The predicted molar refractivity (Wildman–Crippen MR) is 127 cm³/mol. The molecular weight excluding hydrogens is 366 g/mol. The van der Waals surface area contributed by atoms with Crippen molar-refractivity contribution in [3.8, 4) is 0 Å². The average molecular weight is 410 g/mol. The highest BCUT2D eigenvalue weighted by Crippen LogP contribution is 2.66. The molecule has 0 aliphatic heterocycles. The number of hydrogen-bond acceptors (Lipinski definition) is 2. The molecule has 1 N–H and O–H groups in total. The summed E-state index contributed by atoms with van der Waals surface area (Å²) in [5.74, 6) is 5.16. The maximum atomic E-state index is 9.26. The van der Waals surface area contributed by atoms with Gasteiger partial charge in [0.1, 0.15) is 0 Å². The molecule has 0 bridgehead atoms. The SMILES string of the molecule is CC(C)[C@@H](C)C=C[C@@H](C)[C@H]1CC[C@H]2[C@@H]3C=CC4=CC(=NO)CC[C@]4(C)[C@H]3CC[C@]12C. The maximum Gasteiger partial charge on any atom is 0.0799 e. The minimum absolute atomic E-state index is 0.255. The predicted octanol–water partition coefficient (Wildman–Crippen LogP) is 7.66. The molecule has 2 nitrogen and oxygen atoms in total. The van der Waals surface area contributed by atoms with Crippen LogP contribution in [-0.4, -0.2) is 10.9 Å². The third-order valence-corrected chi connectivity index (χ3v) is 10.1. The van der Waals surface area contributed by atoms with E-state index in [0.717, 1.165) is 42.2 Å². The van der Waals surface area contributed by atoms with Crippen LogP contribution >= 0.6 is 0 Å². The Hall–Kier alpha value is -1.31. The minimum atomic E-state index is 0.255. The topological polar surface area (TPSA) is 32.6 Å². The van der Waals surface area contributed by atoms with Gasteiger partial charge in [-0.25, -0.2) is 0 Å². The molecule has 0 spiro atoms. The van der Waals surface area contributed by atoms with Crippen LogP contribution in [0.4, 0.5) is 0 Å². The van der Waals surface area contributed by atoms with E-state index >= 15 is 0 Å². The van der Waals surface area contributed by atoms with Gasteiger partial charge in [0.25, 0.3) is 0 Å². The molecule has 0 aromatic rings. The quantitative estimate of drug-likeness (QED) is 0.288. The Balaban J connectivity index is 1.57. The molecule has 166 valence electrons. The molecule has 0 radical (unpaired) electrons. The average Bonchev–Trinajstić information content (AvgIpc) is 3.08. The molecule has 4 rings (SSSR count). The summed E-state index contributed by atoms with van der Waals surface area (Å²) in [4.78, 5) is 0. The van der Waals surface area contributed by atoms with Gasteiger partial charge < -0.3 is 5.21 Å². The van der Waals surface area contributed by atoms with Crippen LogP contribution < -0.4 is 0 Å². The Morgan fingerprint density at radius 1 is 1.03 bits per heavy atom. The molecular formula is C28H43NO. The fourth-order valence-corrected chi connectivity index (χ4v) is 7.70. The molecule has 2 saturated carbocycles. The Kier molecular flexibility index (Phi) is 5.83. The van der Waals surface area contributed by atoms with Crippen LogP contribution in [0.25, 0.3) is 0 Å². The molecule has 0 unspecified atom stereocenters. The van der Waals surface area contributed by atoms with Gasteiger partial charge in [-0.05, 0) is 102 Å². The summed E-state index contributed by atoms with van der Waals surface area (Å²) in [7, 11) is 0. The van der Waals surface area contributed by atoms with Gasteiger partial charge in [0.15, 0.2) is 0 Å². The Bertz CT molecular complexity index is 774. The molecule has 0 amide bonds. The number of fused-ring (bicyclic) bond motifs is 5. The van der Waals surface area contributed by atoms with Crippen molar-refractivity contribution in [1.82, 2.24) is 0 Å². The fraction of sp³-hybridized carbons (Fsp3) is 0.750. The Labute approximate surface area is 184 Å². The summed E-state index contributed by atoms with van der Waals surface area (Å²) >= 11 is 0. The lowest BCUT2D eigenvalue weighted by atomic mass is 9.48. The normalized spacial score (nSPS) is 44.0. The van der Waals surface area contributed by atoms with Crippen molar-refractivity contribution in [2.45, 2.75) is 80.1 Å². The van der Waals surface area contributed by atoms with Crippen molar-refractivity contribution in [2.75, 3.05) is 0 Å². The molecule has 4 aliphatic rings. The van der Waals surface area contributed by atoms with Gasteiger partial charge in [-0.15, -0.1) is 0 Å². The monoisotopic (exact) mass is 409 g/mol. The molecule has 2 fully saturated rings. The lowest BCUT2D eigenvalue weighted by Gasteiger charge is -2.56. The second kappa shape index (κ2) is 7.99. The summed E-state index contributed by atoms with van der Waals surface area (Å²) in [6, 6.07) is 0. The first-order chi connectivity index (χ1) is 14.2. The van der Waals surface area contributed by atoms with E-state index in [4.69, 9.17) is 0 Å². The van der Waals surface area contributed by atoms with Crippen molar-refractivity contribution in [3.63, 3.8) is 0 Å². The zero-order valence-corrected chi connectivity index (χ0v) is 20.1. The summed E-state index contributed by atoms with van der Waals surface area (Å²) in [5.41, 5.74) is 2.98. The van der Waals surface area contributed by atoms with Gasteiger partial charge in [0, 0.05) is 0 Å². The van der Waals surface area contributed by atoms with Crippen LogP contribution in [-0.2, 0) is 0 Å². The summed E-state index contributed by atoms with van der Waals surface area (Å²) < 4.78 is 0. The number of rotatable bonds is 4. The molecule has 30 heavy (non-hydrogen) atoms. The fourth-order valence-electron chi connectivity index (χ4n) is 7.70. The summed E-state index contributed by atoms with van der Waals surface area (Å²) in [5, 5.41) is 12.8. The van der Waals surface area contributed by atoms with E-state index in [1.165, 1.54) is 31.3 Å². The van der Waals surface area contributed by atoms with Gasteiger partial charge in [-0.3, -0.25) is 0 Å². The van der Waals surface area contributed by atoms with E-state index in [1.807, 2.05) is 0 Å². The standard InChI is InChI=1S/C28H43NO/c1-18(2)19(3)7-8-20(4)24-11-12-25-23-10-9-21-17-22(29-30)13-15-27(21,5)26(23)14-16-28(24,25)6/h7-10,17-20,23-26,30H,11-16H2,1-6H3/t19-,20+,23-,24+,25-,26-,27-,28+/m0/s1. The largest absolute Gasteiger partial charge is 0.411 e. The zero-order chi connectivity index (χ0) is 21.7. The van der Waals surface area contributed by atoms with Gasteiger partial charge in [0.2, 0.25) is 0 Å². The summed E-state index contributed by atoms with van der Waals surface area (Å²) in [6.45, 7) is 14.6. The van der Waals surface area contributed by atoms with Crippen LogP contribution in [0, 0.1) is 52.3 Å². The number of nitrogens with zero attached hydrogens (tertiary/aromatic N) is 1. The van der Waals surface area contributed by atoms with Crippen molar-refractivity contribution in [3.05, 3.63) is 36.0 Å². The van der Waals surface area contributed by atoms with Crippen LogP contribution in [0.5, 0.6) is 0 Å². The molecule has 0 aromatic carbocycles. The molecule has 2 heteroatoms. The van der Waals surface area contributed by atoms with Gasteiger partial charge >= 0.3 is 0 Å². The van der Waals surface area contributed by atoms with Gasteiger partial charge in [0.05, 0.1) is 5.71 Å². The first-order valence-electron chi connectivity index (χ1n) is 12.5. The highest BCUT2D eigenvalue weighted by Gasteiger charge is 2.58. The summed E-state index contributed by atoms with van der Waals surface area (Å²) in [6.07, 6.45) is 19.7. The van der Waals surface area contributed by atoms with Crippen molar-refractivity contribution < 1.29 is 5.21 Å². The third-order valence-electron chi connectivity index (χ3n) is 10.1. The van der Waals surface area contributed by atoms with E-state index in [0.29, 0.717) is 23.2 Å². The lowest BCUT2D eigenvalue weighted by molar-refractivity contribution is -0.0197. The number of oxime groups is 1. The van der Waals surface area contributed by atoms with E-state index < -0.39 is 0 Å². The first kappa shape index (κ1) is 21.9. The highest BCUT2D eigenvalue weighted by molar-refractivity contribution is 5.96. The first-order valence-corrected chi connectivity index (χ1v) is 12.5. The lowest BCUT2D eigenvalue weighted by Crippen LogP contribution is -2.49. The van der Waals surface area contributed by atoms with Crippen LogP contribution in [0.2, 0.25) is 0 Å². The number of allylic oxidation sites excluding steroid dienone is 6. The smallest absolute Gasteiger partial charge is 0.0799 e. The van der Waals surface area contributed by atoms with Crippen LogP contribution in [0.1, 0.15) is 80.1 Å². The second-order valence-corrected chi connectivity index (χ2v) is 11.8. The molecule has 0 saturated heterocycles. The zero-order valence-electron chi connectivity index (χ0n) is 20.1. The molecule has 8 atom stereocenters. The minimum Gasteiger partial charge on any atom is -0.411 e. The van der Waals surface area contributed by atoms with E-state index in [1.54, 1.807) is 0 Å². The van der Waals surface area contributed by atoms with Crippen molar-refractivity contribution >= 4 is 5.71 Å². The van der Waals surface area contributed by atoms with Crippen molar-refractivity contribution in [2.24, 2.45) is 57.4 Å². The van der Waals surface area contributed by atoms with Gasteiger partial charge in [-0.1, -0.05) is 71.0 Å². The number of hydrogen-bond donors (Lipinski definition) is 1. The van der Waals surface area contributed by atoms with Crippen LogP contribution in [0.15, 0.2) is 41.1 Å². The van der Waals surface area contributed by atoms with E-state index in [-0.39, 0.29) is 5.41 Å². The Morgan fingerprint density at radius 2 is 1.80 bits per heavy atom. The maximum absolute atomic E-state index is 9.26. The second-order valence-electron chi connectivity index (χ2n) is 11.8. The third kappa shape index (κ3) is 3.43. The molecule has 0 heterocycles. The van der Waals surface area contributed by atoms with Gasteiger partial charge in [-0.2, -0.15) is 0 Å². The van der Waals surface area contributed by atoms with E-state index in [9.17, 15) is 5.21 Å². The Morgan fingerprint density at radius 3 is 2.50 bits per heavy atom. The van der Waals surface area contributed by atoms with Crippen molar-refractivity contribution in [1.29, 1.82) is 0 Å². The molecule has 0 aromatic heterocycles. The highest BCUT2D eigenvalue weighted by atomic mass is 16.4.